The van der Waals surface area contributed by atoms with Gasteiger partial charge in [0.1, 0.15) is 5.15 Å². The lowest BCUT2D eigenvalue weighted by atomic mass is 10.4. The zero-order valence-electron chi connectivity index (χ0n) is 8.26. The smallest absolute Gasteiger partial charge is 0.238 e. The topological polar surface area (TPSA) is 54.0 Å². The summed E-state index contributed by atoms with van der Waals surface area (Å²) in [4.78, 5) is 15.2. The predicted molar refractivity (Wildman–Crippen MR) is 67.3 cm³/mol. The molecule has 0 bridgehead atoms. The van der Waals surface area contributed by atoms with Crippen molar-refractivity contribution in [2.45, 2.75) is 0 Å². The molecule has 1 aromatic heterocycles. The quantitative estimate of drug-likeness (QED) is 0.505. The molecule has 4 nitrogen and oxygen atoms in total. The molecule has 6 heteroatoms. The van der Waals surface area contributed by atoms with E-state index in [2.05, 4.69) is 37.5 Å². The molecule has 0 saturated heterocycles. The highest BCUT2D eigenvalue weighted by molar-refractivity contribution is 9.10. The monoisotopic (exact) mass is 301 g/mol. The molecule has 0 saturated carbocycles. The van der Waals surface area contributed by atoms with Gasteiger partial charge in [-0.15, -0.1) is 6.42 Å². The van der Waals surface area contributed by atoms with Crippen LogP contribution in [0.2, 0.25) is 5.15 Å². The molecule has 0 aliphatic rings. The van der Waals surface area contributed by atoms with Gasteiger partial charge < -0.3 is 5.32 Å². The fourth-order valence-electron chi connectivity index (χ4n) is 0.943. The lowest BCUT2D eigenvalue weighted by Crippen LogP contribution is -2.28. The number of carbonyl (C=O) groups is 1. The van der Waals surface area contributed by atoms with E-state index in [-0.39, 0.29) is 12.5 Å². The standard InChI is InChI=1S/C10H9BrClN3O/c1-2-3-13-6-9(16)15-7-4-8(11)10(12)14-5-7/h1,4-5,13H,3,6H2,(H,15,16). The summed E-state index contributed by atoms with van der Waals surface area (Å²) < 4.78 is 0.628. The Labute approximate surface area is 107 Å². The van der Waals surface area contributed by atoms with Crippen molar-refractivity contribution in [1.82, 2.24) is 10.3 Å². The van der Waals surface area contributed by atoms with Gasteiger partial charge in [-0.1, -0.05) is 17.5 Å². The maximum atomic E-state index is 11.4. The molecule has 0 atom stereocenters. The number of hydrogen-bond acceptors (Lipinski definition) is 3. The second kappa shape index (κ2) is 6.48. The molecule has 16 heavy (non-hydrogen) atoms. The minimum absolute atomic E-state index is 0.157. The molecule has 0 aliphatic carbocycles. The van der Waals surface area contributed by atoms with Gasteiger partial charge in [0.05, 0.1) is 29.4 Å². The number of pyridine rings is 1. The van der Waals surface area contributed by atoms with Crippen LogP contribution in [0.25, 0.3) is 0 Å². The van der Waals surface area contributed by atoms with E-state index in [0.717, 1.165) is 0 Å². The van der Waals surface area contributed by atoms with Crippen LogP contribution in [0.4, 0.5) is 5.69 Å². The van der Waals surface area contributed by atoms with Gasteiger partial charge in [-0.2, -0.15) is 0 Å². The average Bonchev–Trinajstić information content (AvgIpc) is 2.24. The highest BCUT2D eigenvalue weighted by Gasteiger charge is 2.04. The largest absolute Gasteiger partial charge is 0.324 e. The number of aromatic nitrogens is 1. The fourth-order valence-corrected chi connectivity index (χ4v) is 1.40. The van der Waals surface area contributed by atoms with E-state index in [1.807, 2.05) is 0 Å². The molecule has 1 rings (SSSR count). The fraction of sp³-hybridized carbons (Fsp3) is 0.200. The lowest BCUT2D eigenvalue weighted by molar-refractivity contribution is -0.115. The van der Waals surface area contributed by atoms with Gasteiger partial charge in [0.15, 0.2) is 0 Å². The number of halogens is 2. The van der Waals surface area contributed by atoms with Gasteiger partial charge >= 0.3 is 0 Å². The van der Waals surface area contributed by atoms with Crippen molar-refractivity contribution in [3.05, 3.63) is 21.9 Å². The number of nitrogens with one attached hydrogen (secondary N) is 2. The van der Waals surface area contributed by atoms with Crippen LogP contribution in [0.5, 0.6) is 0 Å². The molecule has 1 heterocycles. The highest BCUT2D eigenvalue weighted by atomic mass is 79.9. The second-order valence-electron chi connectivity index (χ2n) is 2.85. The van der Waals surface area contributed by atoms with Crippen LogP contribution in [-0.4, -0.2) is 24.0 Å². The number of hydrogen-bond donors (Lipinski definition) is 2. The van der Waals surface area contributed by atoms with Crippen LogP contribution in [-0.2, 0) is 4.79 Å². The summed E-state index contributed by atoms with van der Waals surface area (Å²) in [5.41, 5.74) is 0.573. The average molecular weight is 303 g/mol. The number of anilines is 1. The lowest BCUT2D eigenvalue weighted by Gasteiger charge is -2.05. The third-order valence-electron chi connectivity index (χ3n) is 1.59. The molecular weight excluding hydrogens is 293 g/mol. The van der Waals surface area contributed by atoms with Crippen LogP contribution in [0, 0.1) is 12.3 Å². The first-order valence-corrected chi connectivity index (χ1v) is 5.55. The summed E-state index contributed by atoms with van der Waals surface area (Å²) >= 11 is 8.93. The first kappa shape index (κ1) is 13.0. The number of nitrogens with zero attached hydrogens (tertiary/aromatic N) is 1. The van der Waals surface area contributed by atoms with Gasteiger partial charge in [-0.25, -0.2) is 4.98 Å². The van der Waals surface area contributed by atoms with Crippen molar-refractivity contribution in [2.24, 2.45) is 0 Å². The van der Waals surface area contributed by atoms with Crippen LogP contribution < -0.4 is 10.6 Å². The van der Waals surface area contributed by atoms with E-state index in [0.29, 0.717) is 21.9 Å². The molecule has 0 aliphatic heterocycles. The highest BCUT2D eigenvalue weighted by Crippen LogP contribution is 2.22. The van der Waals surface area contributed by atoms with Crippen molar-refractivity contribution < 1.29 is 4.79 Å². The van der Waals surface area contributed by atoms with E-state index in [4.69, 9.17) is 18.0 Å². The first-order chi connectivity index (χ1) is 7.63. The van der Waals surface area contributed by atoms with Crippen LogP contribution in [0.1, 0.15) is 0 Å². The summed E-state index contributed by atoms with van der Waals surface area (Å²) in [7, 11) is 0. The molecule has 2 N–H and O–H groups in total. The molecule has 0 aromatic carbocycles. The Morgan fingerprint density at radius 1 is 1.69 bits per heavy atom. The van der Waals surface area contributed by atoms with Crippen molar-refractivity contribution in [3.8, 4) is 12.3 Å². The Bertz CT molecular complexity index is 431. The third kappa shape index (κ3) is 4.19. The number of terminal acetylenes is 1. The summed E-state index contributed by atoms with van der Waals surface area (Å²) in [6, 6.07) is 1.68. The molecule has 1 amide bonds. The number of carbonyl (C=O) groups excluding carboxylic acids is 1. The minimum Gasteiger partial charge on any atom is -0.324 e. The van der Waals surface area contributed by atoms with Crippen molar-refractivity contribution in [3.63, 3.8) is 0 Å². The maximum Gasteiger partial charge on any atom is 0.238 e. The van der Waals surface area contributed by atoms with E-state index in [1.165, 1.54) is 6.20 Å². The van der Waals surface area contributed by atoms with E-state index in [1.54, 1.807) is 6.07 Å². The van der Waals surface area contributed by atoms with Crippen molar-refractivity contribution in [1.29, 1.82) is 0 Å². The van der Waals surface area contributed by atoms with Gasteiger partial charge in [0.25, 0.3) is 0 Å². The van der Waals surface area contributed by atoms with Crippen molar-refractivity contribution in [2.75, 3.05) is 18.4 Å². The minimum atomic E-state index is -0.189. The molecule has 84 valence electrons. The van der Waals surface area contributed by atoms with Crippen molar-refractivity contribution >= 4 is 39.1 Å². The molecule has 0 fully saturated rings. The summed E-state index contributed by atoms with van der Waals surface area (Å²) in [5.74, 6) is 2.19. The van der Waals surface area contributed by atoms with Crippen LogP contribution in [0.15, 0.2) is 16.7 Å². The SMILES string of the molecule is C#CCNCC(=O)Nc1cnc(Cl)c(Br)c1. The Morgan fingerprint density at radius 3 is 3.06 bits per heavy atom. The molecule has 0 radical (unpaired) electrons. The Hall–Kier alpha value is -1.09. The predicted octanol–water partition coefficient (Wildman–Crippen LogP) is 1.66. The third-order valence-corrected chi connectivity index (χ3v) is 2.73. The second-order valence-corrected chi connectivity index (χ2v) is 4.06. The first-order valence-electron chi connectivity index (χ1n) is 4.38. The van der Waals surface area contributed by atoms with Crippen LogP contribution >= 0.6 is 27.5 Å². The van der Waals surface area contributed by atoms with Gasteiger partial charge in [-0.3, -0.25) is 10.1 Å². The zero-order chi connectivity index (χ0) is 12.0. The summed E-state index contributed by atoms with van der Waals surface area (Å²) in [5, 5.41) is 5.77. The van der Waals surface area contributed by atoms with E-state index >= 15 is 0 Å². The Kier molecular flexibility index (Phi) is 5.26. The summed E-state index contributed by atoms with van der Waals surface area (Å²) in [6.45, 7) is 0.514. The van der Waals surface area contributed by atoms with E-state index < -0.39 is 0 Å². The number of amides is 1. The molecule has 1 aromatic rings. The summed E-state index contributed by atoms with van der Waals surface area (Å²) in [6.07, 6.45) is 6.51. The maximum absolute atomic E-state index is 11.4. The molecule has 0 unspecified atom stereocenters. The van der Waals surface area contributed by atoms with Crippen LogP contribution in [0.3, 0.4) is 0 Å². The Morgan fingerprint density at radius 2 is 2.44 bits per heavy atom. The van der Waals surface area contributed by atoms with Gasteiger partial charge in [0.2, 0.25) is 5.91 Å². The molecular formula is C10H9BrClN3O. The van der Waals surface area contributed by atoms with E-state index in [9.17, 15) is 4.79 Å². The zero-order valence-corrected chi connectivity index (χ0v) is 10.6. The van der Waals surface area contributed by atoms with Gasteiger partial charge in [0, 0.05) is 0 Å². The Balaban J connectivity index is 2.50. The van der Waals surface area contributed by atoms with Gasteiger partial charge in [-0.05, 0) is 22.0 Å². The normalized spacial score (nSPS) is 9.56. The number of rotatable bonds is 4. The molecule has 0 spiro atoms.